The number of aliphatic hydroxyl groups is 1. The van der Waals surface area contributed by atoms with Crippen molar-refractivity contribution in [2.24, 2.45) is 0 Å². The molecule has 0 bridgehead atoms. The molecule has 5 nitrogen and oxygen atoms in total. The lowest BCUT2D eigenvalue weighted by Crippen LogP contribution is -2.38. The molecule has 1 aromatic rings. The zero-order chi connectivity index (χ0) is 12.4. The zero-order valence-corrected chi connectivity index (χ0v) is 10.2. The number of hydrogen-bond acceptors (Lipinski definition) is 4. The molecule has 1 fully saturated rings. The lowest BCUT2D eigenvalue weighted by Gasteiger charge is -2.25. The van der Waals surface area contributed by atoms with Crippen molar-refractivity contribution in [2.45, 2.75) is 51.7 Å². The molecule has 1 aliphatic carbocycles. The Morgan fingerprint density at radius 1 is 1.35 bits per heavy atom. The van der Waals surface area contributed by atoms with Crippen LogP contribution in [0.5, 0.6) is 0 Å². The molecule has 2 rings (SSSR count). The van der Waals surface area contributed by atoms with E-state index in [0.29, 0.717) is 17.3 Å². The summed E-state index contributed by atoms with van der Waals surface area (Å²) in [6.07, 6.45) is 2.93. The van der Waals surface area contributed by atoms with Crippen molar-refractivity contribution in [1.82, 2.24) is 10.3 Å². The molecule has 17 heavy (non-hydrogen) atoms. The van der Waals surface area contributed by atoms with Crippen LogP contribution in [0.2, 0.25) is 0 Å². The third-order valence-electron chi connectivity index (χ3n) is 3.14. The highest BCUT2D eigenvalue weighted by Gasteiger charge is 2.23. The summed E-state index contributed by atoms with van der Waals surface area (Å²) >= 11 is 0. The topological polar surface area (TPSA) is 75.4 Å². The molecule has 0 spiro atoms. The van der Waals surface area contributed by atoms with Gasteiger partial charge in [0.1, 0.15) is 0 Å². The predicted molar refractivity (Wildman–Crippen MR) is 61.7 cm³/mol. The second-order valence-corrected chi connectivity index (χ2v) is 4.63. The first-order chi connectivity index (χ1) is 8.06. The number of hydrogen-bond donors (Lipinski definition) is 2. The number of aryl methyl sites for hydroxylation is 2. The van der Waals surface area contributed by atoms with E-state index in [1.54, 1.807) is 13.8 Å². The molecule has 94 valence electrons. The number of oxazole rings is 1. The van der Waals surface area contributed by atoms with Gasteiger partial charge in [0.05, 0.1) is 11.8 Å². The van der Waals surface area contributed by atoms with Crippen LogP contribution in [0.15, 0.2) is 4.42 Å². The molecule has 5 heteroatoms. The molecule has 1 aromatic heterocycles. The first-order valence-electron chi connectivity index (χ1n) is 5.99. The van der Waals surface area contributed by atoms with Gasteiger partial charge in [-0.25, -0.2) is 4.98 Å². The van der Waals surface area contributed by atoms with Crippen molar-refractivity contribution in [3.8, 4) is 0 Å². The predicted octanol–water partition coefficient (Wildman–Crippen LogP) is 1.32. The Kier molecular flexibility index (Phi) is 3.47. The minimum atomic E-state index is -0.211. The highest BCUT2D eigenvalue weighted by Crippen LogP contribution is 2.19. The molecule has 0 radical (unpaired) electrons. The number of carbonyl (C=O) groups is 1. The van der Waals surface area contributed by atoms with E-state index in [2.05, 4.69) is 10.3 Å². The maximum Gasteiger partial charge on any atom is 0.289 e. The fraction of sp³-hybridized carbons (Fsp3) is 0.667. The van der Waals surface area contributed by atoms with E-state index in [4.69, 9.17) is 4.42 Å². The van der Waals surface area contributed by atoms with Gasteiger partial charge in [-0.15, -0.1) is 0 Å². The van der Waals surface area contributed by atoms with Crippen molar-refractivity contribution in [1.29, 1.82) is 0 Å². The first-order valence-corrected chi connectivity index (χ1v) is 5.99. The number of amides is 1. The normalized spacial score (nSPS) is 24.6. The summed E-state index contributed by atoms with van der Waals surface area (Å²) in [5, 5.41) is 12.3. The quantitative estimate of drug-likeness (QED) is 0.815. The fourth-order valence-corrected chi connectivity index (χ4v) is 2.21. The van der Waals surface area contributed by atoms with Gasteiger partial charge in [0, 0.05) is 13.0 Å². The molecule has 0 atom stereocenters. The molecule has 0 saturated heterocycles. The Morgan fingerprint density at radius 2 is 2.00 bits per heavy atom. The molecule has 1 amide bonds. The number of nitrogens with zero attached hydrogens (tertiary/aromatic N) is 1. The average Bonchev–Trinajstić information content (AvgIpc) is 2.61. The van der Waals surface area contributed by atoms with E-state index in [1.807, 2.05) is 0 Å². The number of rotatable bonds is 2. The third-order valence-corrected chi connectivity index (χ3v) is 3.14. The number of aliphatic hydroxyl groups excluding tert-OH is 1. The maximum atomic E-state index is 11.9. The molecule has 1 aliphatic rings. The van der Waals surface area contributed by atoms with Gasteiger partial charge in [-0.05, 0) is 32.6 Å². The minimum absolute atomic E-state index is 0.135. The summed E-state index contributed by atoms with van der Waals surface area (Å²) < 4.78 is 5.27. The standard InChI is InChI=1S/C12H18N2O3/c1-7-11(17-8(2)13-7)12(16)14-9-3-5-10(15)6-4-9/h9-10,15H,3-6H2,1-2H3,(H,14,16). The van der Waals surface area contributed by atoms with Crippen LogP contribution in [0.3, 0.4) is 0 Å². The van der Waals surface area contributed by atoms with Gasteiger partial charge in [0.25, 0.3) is 5.91 Å². The van der Waals surface area contributed by atoms with Crippen LogP contribution in [-0.2, 0) is 0 Å². The van der Waals surface area contributed by atoms with Crippen LogP contribution in [0, 0.1) is 13.8 Å². The van der Waals surface area contributed by atoms with Crippen LogP contribution >= 0.6 is 0 Å². The third kappa shape index (κ3) is 2.85. The molecule has 1 saturated carbocycles. The molecule has 2 N–H and O–H groups in total. The van der Waals surface area contributed by atoms with E-state index in [-0.39, 0.29) is 18.1 Å². The van der Waals surface area contributed by atoms with Crippen LogP contribution < -0.4 is 5.32 Å². The smallest absolute Gasteiger partial charge is 0.289 e. The second-order valence-electron chi connectivity index (χ2n) is 4.63. The Hall–Kier alpha value is -1.36. The lowest BCUT2D eigenvalue weighted by atomic mass is 9.93. The van der Waals surface area contributed by atoms with Gasteiger partial charge < -0.3 is 14.8 Å². The fourth-order valence-electron chi connectivity index (χ4n) is 2.21. The maximum absolute atomic E-state index is 11.9. The monoisotopic (exact) mass is 238 g/mol. The number of aromatic nitrogens is 1. The highest BCUT2D eigenvalue weighted by molar-refractivity contribution is 5.92. The minimum Gasteiger partial charge on any atom is -0.436 e. The highest BCUT2D eigenvalue weighted by atomic mass is 16.4. The molecule has 0 aliphatic heterocycles. The van der Waals surface area contributed by atoms with E-state index >= 15 is 0 Å². The van der Waals surface area contributed by atoms with E-state index < -0.39 is 0 Å². The summed E-state index contributed by atoms with van der Waals surface area (Å²) in [7, 11) is 0. The van der Waals surface area contributed by atoms with Crippen molar-refractivity contribution < 1.29 is 14.3 Å². The van der Waals surface area contributed by atoms with Gasteiger partial charge >= 0.3 is 0 Å². The van der Waals surface area contributed by atoms with Crippen molar-refractivity contribution in [3.63, 3.8) is 0 Å². The Morgan fingerprint density at radius 3 is 2.53 bits per heavy atom. The zero-order valence-electron chi connectivity index (χ0n) is 10.2. The molecular weight excluding hydrogens is 220 g/mol. The second kappa shape index (κ2) is 4.87. The van der Waals surface area contributed by atoms with E-state index in [1.165, 1.54) is 0 Å². The first kappa shape index (κ1) is 12.1. The van der Waals surface area contributed by atoms with Gasteiger partial charge in [0.15, 0.2) is 5.89 Å². The molecule has 0 aromatic carbocycles. The van der Waals surface area contributed by atoms with Crippen LogP contribution in [0.25, 0.3) is 0 Å². The van der Waals surface area contributed by atoms with E-state index in [0.717, 1.165) is 25.7 Å². The van der Waals surface area contributed by atoms with Crippen LogP contribution in [0.4, 0.5) is 0 Å². The summed E-state index contributed by atoms with van der Waals surface area (Å²) in [5.74, 6) is 0.602. The Bertz CT molecular complexity index is 406. The number of carbonyl (C=O) groups excluding carboxylic acids is 1. The van der Waals surface area contributed by atoms with Crippen LogP contribution in [0.1, 0.15) is 47.8 Å². The van der Waals surface area contributed by atoms with Crippen molar-refractivity contribution in [2.75, 3.05) is 0 Å². The summed E-state index contributed by atoms with van der Waals surface area (Å²) in [4.78, 5) is 16.0. The van der Waals surface area contributed by atoms with Gasteiger partial charge in [0.2, 0.25) is 5.76 Å². The summed E-state index contributed by atoms with van der Waals surface area (Å²) in [6.45, 7) is 3.48. The van der Waals surface area contributed by atoms with Crippen molar-refractivity contribution in [3.05, 3.63) is 17.3 Å². The molecule has 0 unspecified atom stereocenters. The molecular formula is C12H18N2O3. The Balaban J connectivity index is 1.95. The van der Waals surface area contributed by atoms with Crippen LogP contribution in [-0.4, -0.2) is 28.1 Å². The van der Waals surface area contributed by atoms with E-state index in [9.17, 15) is 9.90 Å². The van der Waals surface area contributed by atoms with Gasteiger partial charge in [-0.2, -0.15) is 0 Å². The lowest BCUT2D eigenvalue weighted by molar-refractivity contribution is 0.0841. The largest absolute Gasteiger partial charge is 0.436 e. The Labute approximate surface area is 100 Å². The molecule has 1 heterocycles. The summed E-state index contributed by atoms with van der Waals surface area (Å²) in [6, 6.07) is 0.135. The van der Waals surface area contributed by atoms with Gasteiger partial charge in [-0.3, -0.25) is 4.79 Å². The summed E-state index contributed by atoms with van der Waals surface area (Å²) in [5.41, 5.74) is 0.621. The van der Waals surface area contributed by atoms with Crippen molar-refractivity contribution >= 4 is 5.91 Å². The average molecular weight is 238 g/mol. The van der Waals surface area contributed by atoms with Gasteiger partial charge in [-0.1, -0.05) is 0 Å². The SMILES string of the molecule is Cc1nc(C)c(C(=O)NC2CCC(O)CC2)o1. The number of nitrogens with one attached hydrogen (secondary N) is 1.